The van der Waals surface area contributed by atoms with Crippen molar-refractivity contribution in [3.05, 3.63) is 18.0 Å². The van der Waals surface area contributed by atoms with Crippen LogP contribution in [0.4, 0.5) is 0 Å². The Bertz CT molecular complexity index is 752. The van der Waals surface area contributed by atoms with Gasteiger partial charge in [-0.05, 0) is 6.07 Å². The van der Waals surface area contributed by atoms with Gasteiger partial charge in [0.25, 0.3) is 0 Å². The Morgan fingerprint density at radius 1 is 1.43 bits per heavy atom. The number of aromatic carboxylic acids is 1. The number of aromatic amines is 1. The number of carboxylic acid groups (broad SMARTS) is 1. The van der Waals surface area contributed by atoms with Crippen LogP contribution < -0.4 is 0 Å². The zero-order valence-corrected chi connectivity index (χ0v) is 13.5. The lowest BCUT2D eigenvalue weighted by Crippen LogP contribution is -2.49. The van der Waals surface area contributed by atoms with E-state index in [0.717, 1.165) is 22.8 Å². The van der Waals surface area contributed by atoms with Crippen molar-refractivity contribution in [2.45, 2.75) is 10.3 Å². The number of H-pyrrole nitrogens is 1. The molecule has 2 N–H and O–H groups in total. The number of rotatable bonds is 4. The van der Waals surface area contributed by atoms with Crippen LogP contribution in [0.25, 0.3) is 0 Å². The van der Waals surface area contributed by atoms with Crippen molar-refractivity contribution in [1.29, 1.82) is 0 Å². The SMILES string of the molecule is CS(=O)(=O)C1CSCCN1S(=O)(=O)c1c[nH]c(C(=O)O)c1. The first-order chi connectivity index (χ1) is 9.64. The Morgan fingerprint density at radius 3 is 2.62 bits per heavy atom. The fraction of sp³-hybridized carbons (Fsp3) is 0.500. The third-order valence-electron chi connectivity index (χ3n) is 3.03. The van der Waals surface area contributed by atoms with Crippen molar-refractivity contribution in [2.24, 2.45) is 0 Å². The number of aromatic nitrogens is 1. The zero-order chi connectivity index (χ0) is 15.8. The molecule has 0 saturated carbocycles. The molecule has 1 aromatic rings. The number of nitrogens with zero attached hydrogens (tertiary/aromatic N) is 1. The van der Waals surface area contributed by atoms with Gasteiger partial charge in [0, 0.05) is 30.5 Å². The molecule has 0 aromatic carbocycles. The minimum Gasteiger partial charge on any atom is -0.477 e. The van der Waals surface area contributed by atoms with Crippen molar-refractivity contribution in [3.8, 4) is 0 Å². The fourth-order valence-electron chi connectivity index (χ4n) is 1.96. The van der Waals surface area contributed by atoms with Crippen LogP contribution in [0.5, 0.6) is 0 Å². The van der Waals surface area contributed by atoms with Gasteiger partial charge in [-0.2, -0.15) is 16.1 Å². The van der Waals surface area contributed by atoms with E-state index in [0.29, 0.717) is 5.75 Å². The van der Waals surface area contributed by atoms with Gasteiger partial charge in [0.15, 0.2) is 9.84 Å². The van der Waals surface area contributed by atoms with Gasteiger partial charge in [0.1, 0.15) is 16.0 Å². The Kier molecular flexibility index (Phi) is 4.38. The number of nitrogens with one attached hydrogen (secondary N) is 1. The summed E-state index contributed by atoms with van der Waals surface area (Å²) in [5.41, 5.74) is -0.268. The van der Waals surface area contributed by atoms with Crippen LogP contribution >= 0.6 is 11.8 Å². The molecule has 1 aliphatic rings. The normalized spacial score (nSPS) is 21.3. The van der Waals surface area contributed by atoms with Crippen molar-refractivity contribution in [2.75, 3.05) is 24.3 Å². The summed E-state index contributed by atoms with van der Waals surface area (Å²) in [6.45, 7) is 0.0678. The summed E-state index contributed by atoms with van der Waals surface area (Å²) in [5.74, 6) is -0.638. The highest BCUT2D eigenvalue weighted by atomic mass is 32.2. The van der Waals surface area contributed by atoms with Gasteiger partial charge < -0.3 is 10.1 Å². The third-order valence-corrected chi connectivity index (χ3v) is 7.69. The maximum absolute atomic E-state index is 12.5. The number of sulfone groups is 1. The maximum Gasteiger partial charge on any atom is 0.352 e. The van der Waals surface area contributed by atoms with E-state index in [1.807, 2.05) is 0 Å². The van der Waals surface area contributed by atoms with E-state index < -0.39 is 31.2 Å². The molecule has 0 bridgehead atoms. The molecule has 1 fully saturated rings. The molecule has 11 heteroatoms. The second-order valence-electron chi connectivity index (χ2n) is 4.53. The van der Waals surface area contributed by atoms with Gasteiger partial charge in [-0.1, -0.05) is 0 Å². The van der Waals surface area contributed by atoms with Crippen molar-refractivity contribution >= 4 is 37.6 Å². The van der Waals surface area contributed by atoms with Crippen LogP contribution in [-0.4, -0.2) is 66.9 Å². The standard InChI is InChI=1S/C10H14N2O6S3/c1-20(15,16)9-6-19-3-2-12(9)21(17,18)7-4-8(10(13)14)11-5-7/h4-5,9,11H,2-3,6H2,1H3,(H,13,14). The number of thioether (sulfide) groups is 1. The minimum atomic E-state index is -4.06. The zero-order valence-electron chi connectivity index (χ0n) is 11.0. The molecule has 2 rings (SSSR count). The number of hydrogen-bond donors (Lipinski definition) is 2. The summed E-state index contributed by atoms with van der Waals surface area (Å²) in [5, 5.41) is 7.68. The largest absolute Gasteiger partial charge is 0.477 e. The topological polar surface area (TPSA) is 125 Å². The van der Waals surface area contributed by atoms with Gasteiger partial charge in [-0.25, -0.2) is 21.6 Å². The molecule has 0 amide bonds. The van der Waals surface area contributed by atoms with E-state index in [1.54, 1.807) is 0 Å². The number of sulfonamides is 1. The summed E-state index contributed by atoms with van der Waals surface area (Å²) in [6.07, 6.45) is 2.05. The van der Waals surface area contributed by atoms with E-state index in [9.17, 15) is 21.6 Å². The van der Waals surface area contributed by atoms with Crippen molar-refractivity contribution < 1.29 is 26.7 Å². The molecule has 8 nitrogen and oxygen atoms in total. The molecule has 2 heterocycles. The smallest absolute Gasteiger partial charge is 0.352 e. The van der Waals surface area contributed by atoms with E-state index in [2.05, 4.69) is 4.98 Å². The van der Waals surface area contributed by atoms with Crippen LogP contribution in [0.2, 0.25) is 0 Å². The lowest BCUT2D eigenvalue weighted by atomic mass is 10.4. The highest BCUT2D eigenvalue weighted by Gasteiger charge is 2.39. The average Bonchev–Trinajstić information content (AvgIpc) is 2.88. The van der Waals surface area contributed by atoms with E-state index in [4.69, 9.17) is 5.11 Å². The summed E-state index contributed by atoms with van der Waals surface area (Å²) in [6, 6.07) is 0.985. The first-order valence-electron chi connectivity index (χ1n) is 5.84. The van der Waals surface area contributed by atoms with Crippen molar-refractivity contribution in [3.63, 3.8) is 0 Å². The molecule has 1 unspecified atom stereocenters. The second kappa shape index (κ2) is 5.63. The summed E-state index contributed by atoms with van der Waals surface area (Å²) >= 11 is 1.37. The molecular weight excluding hydrogens is 340 g/mol. The number of hydrogen-bond acceptors (Lipinski definition) is 6. The summed E-state index contributed by atoms with van der Waals surface area (Å²) in [7, 11) is -7.64. The van der Waals surface area contributed by atoms with E-state index in [1.165, 1.54) is 11.8 Å². The number of carboxylic acids is 1. The van der Waals surface area contributed by atoms with Gasteiger partial charge in [-0.3, -0.25) is 0 Å². The molecule has 1 aliphatic heterocycles. The van der Waals surface area contributed by atoms with Gasteiger partial charge >= 0.3 is 5.97 Å². The average molecular weight is 354 g/mol. The van der Waals surface area contributed by atoms with E-state index >= 15 is 0 Å². The highest BCUT2D eigenvalue weighted by molar-refractivity contribution is 8.01. The van der Waals surface area contributed by atoms with E-state index in [-0.39, 0.29) is 22.9 Å². The van der Waals surface area contributed by atoms with Gasteiger partial charge in [0.2, 0.25) is 10.0 Å². The predicted molar refractivity (Wildman–Crippen MR) is 77.6 cm³/mol. The van der Waals surface area contributed by atoms with Crippen LogP contribution in [0.3, 0.4) is 0 Å². The van der Waals surface area contributed by atoms with Crippen molar-refractivity contribution in [1.82, 2.24) is 9.29 Å². The van der Waals surface area contributed by atoms with Gasteiger partial charge in [-0.15, -0.1) is 0 Å². The fourth-order valence-corrected chi connectivity index (χ4v) is 7.12. The second-order valence-corrected chi connectivity index (χ2v) is 9.77. The molecule has 118 valence electrons. The monoisotopic (exact) mass is 354 g/mol. The first kappa shape index (κ1) is 16.3. The highest BCUT2D eigenvalue weighted by Crippen LogP contribution is 2.27. The quantitative estimate of drug-likeness (QED) is 0.768. The molecule has 0 radical (unpaired) electrons. The molecular formula is C10H14N2O6S3. The summed E-state index contributed by atoms with van der Waals surface area (Å²) < 4.78 is 49.5. The molecule has 0 aliphatic carbocycles. The molecule has 1 atom stereocenters. The third kappa shape index (κ3) is 3.25. The van der Waals surface area contributed by atoms with Crippen LogP contribution in [0.1, 0.15) is 10.5 Å². The van der Waals surface area contributed by atoms with Crippen LogP contribution in [0.15, 0.2) is 17.2 Å². The Hall–Kier alpha value is -1.04. The lowest BCUT2D eigenvalue weighted by Gasteiger charge is -2.32. The molecule has 1 aromatic heterocycles. The summed E-state index contributed by atoms with van der Waals surface area (Å²) in [4.78, 5) is 12.9. The Labute approximate surface area is 126 Å². The maximum atomic E-state index is 12.5. The first-order valence-corrected chi connectivity index (χ1v) is 10.4. The Morgan fingerprint density at radius 2 is 2.10 bits per heavy atom. The van der Waals surface area contributed by atoms with Crippen LogP contribution in [0, 0.1) is 0 Å². The Balaban J connectivity index is 2.43. The lowest BCUT2D eigenvalue weighted by molar-refractivity contribution is 0.0691. The van der Waals surface area contributed by atoms with Crippen LogP contribution in [-0.2, 0) is 19.9 Å². The molecule has 1 saturated heterocycles. The number of carbonyl (C=O) groups is 1. The molecule has 0 spiro atoms. The predicted octanol–water partition coefficient (Wildman–Crippen LogP) is -0.179. The minimum absolute atomic E-state index is 0.0678. The van der Waals surface area contributed by atoms with Gasteiger partial charge in [0.05, 0.1) is 0 Å². The molecule has 21 heavy (non-hydrogen) atoms.